The van der Waals surface area contributed by atoms with Crippen molar-refractivity contribution in [3.05, 3.63) is 58.1 Å². The van der Waals surface area contributed by atoms with Gasteiger partial charge in [0.15, 0.2) is 0 Å². The summed E-state index contributed by atoms with van der Waals surface area (Å²) >= 11 is 14.1. The van der Waals surface area contributed by atoms with E-state index < -0.39 is 12.0 Å². The second-order valence-corrected chi connectivity index (χ2v) is 9.50. The summed E-state index contributed by atoms with van der Waals surface area (Å²) in [6.45, 7) is 0. The highest BCUT2D eigenvalue weighted by molar-refractivity contribution is 7.99. The molecule has 1 fully saturated rings. The van der Waals surface area contributed by atoms with Gasteiger partial charge in [-0.3, -0.25) is 4.79 Å². The molecule has 150 valence electrons. The zero-order valence-electron chi connectivity index (χ0n) is 15.7. The van der Waals surface area contributed by atoms with Crippen LogP contribution < -0.4 is 5.73 Å². The number of rotatable bonds is 9. The van der Waals surface area contributed by atoms with Crippen LogP contribution >= 0.6 is 35.0 Å². The molecule has 28 heavy (non-hydrogen) atoms. The van der Waals surface area contributed by atoms with Gasteiger partial charge in [0, 0.05) is 15.6 Å². The van der Waals surface area contributed by atoms with Gasteiger partial charge in [-0.1, -0.05) is 60.0 Å². The fourth-order valence-electron chi connectivity index (χ4n) is 3.72. The molecule has 2 aromatic carbocycles. The van der Waals surface area contributed by atoms with Crippen molar-refractivity contribution in [3.63, 3.8) is 0 Å². The Bertz CT molecular complexity index is 822. The number of thioether (sulfide) groups is 1. The van der Waals surface area contributed by atoms with E-state index in [1.165, 1.54) is 24.8 Å². The third-order valence-corrected chi connectivity index (χ3v) is 7.23. The van der Waals surface area contributed by atoms with E-state index in [0.29, 0.717) is 16.5 Å². The molecule has 0 bridgehead atoms. The molecule has 3 rings (SSSR count). The molecule has 6 heteroatoms. The summed E-state index contributed by atoms with van der Waals surface area (Å²) in [6.07, 6.45) is 5.32. The van der Waals surface area contributed by atoms with Crippen molar-refractivity contribution in [2.24, 2.45) is 5.73 Å². The van der Waals surface area contributed by atoms with Crippen molar-refractivity contribution >= 4 is 40.9 Å². The second kappa shape index (κ2) is 9.53. The SMILES string of the molecule is NC(CCSCCC1(c2ccc(-c3ccc(Cl)cc3Cl)cc2)CCC1)C(=O)O. The molecular formula is C22H25Cl2NO2S. The largest absolute Gasteiger partial charge is 0.480 e. The van der Waals surface area contributed by atoms with Crippen molar-refractivity contribution in [2.75, 3.05) is 11.5 Å². The Balaban J connectivity index is 1.60. The predicted molar refractivity (Wildman–Crippen MR) is 120 cm³/mol. The normalized spacial score (nSPS) is 16.4. The molecule has 0 saturated heterocycles. The molecule has 2 aromatic rings. The van der Waals surface area contributed by atoms with Gasteiger partial charge < -0.3 is 10.8 Å². The smallest absolute Gasteiger partial charge is 0.320 e. The Labute approximate surface area is 180 Å². The number of nitrogens with two attached hydrogens (primary N) is 1. The van der Waals surface area contributed by atoms with E-state index >= 15 is 0 Å². The zero-order valence-corrected chi connectivity index (χ0v) is 18.0. The van der Waals surface area contributed by atoms with Gasteiger partial charge in [0.25, 0.3) is 0 Å². The first-order valence-corrected chi connectivity index (χ1v) is 11.4. The number of carboxylic acids is 1. The lowest BCUT2D eigenvalue weighted by atomic mass is 9.63. The summed E-state index contributed by atoms with van der Waals surface area (Å²) < 4.78 is 0. The lowest BCUT2D eigenvalue weighted by Crippen LogP contribution is -2.35. The van der Waals surface area contributed by atoms with Crippen LogP contribution in [0.2, 0.25) is 10.0 Å². The fourth-order valence-corrected chi connectivity index (χ4v) is 5.39. The Hall–Kier alpha value is -1.20. The number of halogens is 2. The van der Waals surface area contributed by atoms with Gasteiger partial charge >= 0.3 is 5.97 Å². The van der Waals surface area contributed by atoms with Gasteiger partial charge in [-0.2, -0.15) is 11.8 Å². The maximum absolute atomic E-state index is 10.8. The Morgan fingerprint density at radius 1 is 1.14 bits per heavy atom. The number of carbonyl (C=O) groups is 1. The third kappa shape index (κ3) is 5.04. The van der Waals surface area contributed by atoms with E-state index in [-0.39, 0.29) is 5.41 Å². The molecule has 1 aliphatic rings. The van der Waals surface area contributed by atoms with E-state index in [9.17, 15) is 4.79 Å². The number of carboxylic acid groups (broad SMARTS) is 1. The van der Waals surface area contributed by atoms with Crippen LogP contribution in [-0.4, -0.2) is 28.6 Å². The van der Waals surface area contributed by atoms with Crippen LogP contribution in [-0.2, 0) is 10.2 Å². The molecule has 1 saturated carbocycles. The number of benzene rings is 2. The van der Waals surface area contributed by atoms with Crippen LogP contribution in [0.1, 0.15) is 37.7 Å². The minimum absolute atomic E-state index is 0.254. The van der Waals surface area contributed by atoms with Crippen molar-refractivity contribution in [3.8, 4) is 11.1 Å². The van der Waals surface area contributed by atoms with Crippen LogP contribution in [0.5, 0.6) is 0 Å². The predicted octanol–water partition coefficient (Wildman–Crippen LogP) is 6.01. The molecule has 0 radical (unpaired) electrons. The zero-order chi connectivity index (χ0) is 20.1. The Kier molecular flexibility index (Phi) is 7.32. The van der Waals surface area contributed by atoms with Crippen LogP contribution in [0, 0.1) is 0 Å². The van der Waals surface area contributed by atoms with Crippen molar-refractivity contribution in [1.29, 1.82) is 0 Å². The second-order valence-electron chi connectivity index (χ2n) is 7.43. The van der Waals surface area contributed by atoms with E-state index in [2.05, 4.69) is 24.3 Å². The summed E-state index contributed by atoms with van der Waals surface area (Å²) in [6, 6.07) is 13.6. The lowest BCUT2D eigenvalue weighted by molar-refractivity contribution is -0.138. The first-order chi connectivity index (χ1) is 13.4. The van der Waals surface area contributed by atoms with Gasteiger partial charge in [0.05, 0.1) is 0 Å². The summed E-state index contributed by atoms with van der Waals surface area (Å²) in [4.78, 5) is 10.8. The Morgan fingerprint density at radius 2 is 1.86 bits per heavy atom. The highest BCUT2D eigenvalue weighted by atomic mass is 35.5. The van der Waals surface area contributed by atoms with E-state index in [0.717, 1.165) is 29.1 Å². The lowest BCUT2D eigenvalue weighted by Gasteiger charge is -2.43. The first-order valence-electron chi connectivity index (χ1n) is 9.53. The molecule has 1 atom stereocenters. The monoisotopic (exact) mass is 437 g/mol. The summed E-state index contributed by atoms with van der Waals surface area (Å²) in [5.41, 5.74) is 9.29. The minimum Gasteiger partial charge on any atom is -0.480 e. The van der Waals surface area contributed by atoms with Gasteiger partial charge in [0.1, 0.15) is 6.04 Å². The molecule has 1 unspecified atom stereocenters. The quantitative estimate of drug-likeness (QED) is 0.471. The molecular weight excluding hydrogens is 413 g/mol. The maximum atomic E-state index is 10.8. The average molecular weight is 438 g/mol. The topological polar surface area (TPSA) is 63.3 Å². The molecule has 0 aromatic heterocycles. The molecule has 0 amide bonds. The molecule has 3 nitrogen and oxygen atoms in total. The maximum Gasteiger partial charge on any atom is 0.320 e. The number of hydrogen-bond acceptors (Lipinski definition) is 3. The van der Waals surface area contributed by atoms with Crippen LogP contribution in [0.3, 0.4) is 0 Å². The van der Waals surface area contributed by atoms with Gasteiger partial charge in [-0.25, -0.2) is 0 Å². The fraction of sp³-hybridized carbons (Fsp3) is 0.409. The molecule has 0 spiro atoms. The first kappa shape index (κ1) is 21.5. The van der Waals surface area contributed by atoms with Crippen LogP contribution in [0.4, 0.5) is 0 Å². The molecule has 0 heterocycles. The van der Waals surface area contributed by atoms with Crippen LogP contribution in [0.25, 0.3) is 11.1 Å². The van der Waals surface area contributed by atoms with Gasteiger partial charge in [-0.15, -0.1) is 0 Å². The standard InChI is InChI=1S/C22H25Cl2NO2S/c23-17-6-7-18(19(24)14-17)15-2-4-16(5-3-15)22(9-1-10-22)11-13-28-12-8-20(25)21(26)27/h2-7,14,20H,1,8-13,25H2,(H,26,27). The van der Waals surface area contributed by atoms with Gasteiger partial charge in [-0.05, 0) is 65.9 Å². The third-order valence-electron chi connectivity index (χ3n) is 5.67. The summed E-state index contributed by atoms with van der Waals surface area (Å²) in [7, 11) is 0. The highest BCUT2D eigenvalue weighted by Crippen LogP contribution is 2.47. The van der Waals surface area contributed by atoms with E-state index in [1.807, 2.05) is 12.1 Å². The summed E-state index contributed by atoms with van der Waals surface area (Å²) in [5, 5.41) is 10.2. The summed E-state index contributed by atoms with van der Waals surface area (Å²) in [5.74, 6) is 0.895. The van der Waals surface area contributed by atoms with Crippen LogP contribution in [0.15, 0.2) is 42.5 Å². The average Bonchev–Trinajstić information content (AvgIpc) is 2.63. The van der Waals surface area contributed by atoms with Crippen molar-refractivity contribution in [1.82, 2.24) is 0 Å². The molecule has 0 aliphatic heterocycles. The molecule has 1 aliphatic carbocycles. The minimum atomic E-state index is -0.919. The molecule has 3 N–H and O–H groups in total. The number of aliphatic carboxylic acids is 1. The van der Waals surface area contributed by atoms with E-state index in [1.54, 1.807) is 17.8 Å². The Morgan fingerprint density at radius 3 is 2.43 bits per heavy atom. The van der Waals surface area contributed by atoms with Gasteiger partial charge in [0.2, 0.25) is 0 Å². The highest BCUT2D eigenvalue weighted by Gasteiger charge is 2.37. The number of hydrogen-bond donors (Lipinski definition) is 2. The van der Waals surface area contributed by atoms with Crippen molar-refractivity contribution in [2.45, 2.75) is 43.6 Å². The van der Waals surface area contributed by atoms with Crippen molar-refractivity contribution < 1.29 is 9.90 Å². The van der Waals surface area contributed by atoms with E-state index in [4.69, 9.17) is 34.0 Å².